The van der Waals surface area contributed by atoms with Crippen LogP contribution in [0.4, 0.5) is 0 Å². The van der Waals surface area contributed by atoms with Crippen molar-refractivity contribution < 1.29 is 13.5 Å². The van der Waals surface area contributed by atoms with Crippen molar-refractivity contribution in [1.82, 2.24) is 9.03 Å². The Bertz CT molecular complexity index is 346. The number of aliphatic hydroxyl groups is 1. The maximum absolute atomic E-state index is 12.0. The van der Waals surface area contributed by atoms with Gasteiger partial charge in [-0.15, -0.1) is 0 Å². The van der Waals surface area contributed by atoms with Gasteiger partial charge in [0, 0.05) is 19.6 Å². The quantitative estimate of drug-likeness (QED) is 0.782. The fourth-order valence-corrected chi connectivity index (χ4v) is 4.20. The number of nitrogens with one attached hydrogen (secondary N) is 1. The molecule has 0 radical (unpaired) electrons. The fraction of sp³-hybridized carbons (Fsp3) is 1.00. The Morgan fingerprint density at radius 3 is 2.33 bits per heavy atom. The zero-order valence-electron chi connectivity index (χ0n) is 10.8. The minimum atomic E-state index is -3.38. The molecule has 0 aromatic rings. The van der Waals surface area contributed by atoms with Crippen molar-refractivity contribution >= 4 is 10.2 Å². The molecule has 6 heteroatoms. The van der Waals surface area contributed by atoms with Crippen molar-refractivity contribution in [2.24, 2.45) is 5.92 Å². The first-order chi connectivity index (χ1) is 8.59. The first-order valence-corrected chi connectivity index (χ1v) is 8.46. The van der Waals surface area contributed by atoms with Crippen LogP contribution in [0.5, 0.6) is 0 Å². The number of aliphatic hydroxyl groups excluding tert-OH is 1. The lowest BCUT2D eigenvalue weighted by Crippen LogP contribution is -2.46. The van der Waals surface area contributed by atoms with Crippen molar-refractivity contribution in [2.75, 3.05) is 19.6 Å². The van der Waals surface area contributed by atoms with Crippen LogP contribution in [0.15, 0.2) is 0 Å². The van der Waals surface area contributed by atoms with Gasteiger partial charge in [0.15, 0.2) is 0 Å². The molecule has 0 spiro atoms. The summed E-state index contributed by atoms with van der Waals surface area (Å²) < 4.78 is 28.1. The lowest BCUT2D eigenvalue weighted by atomic mass is 10.0. The molecule has 1 saturated heterocycles. The first-order valence-electron chi connectivity index (χ1n) is 7.02. The SMILES string of the molecule is O=S(=O)(NCC(O)C1CCCC1)N1CCCCC1. The molecule has 0 amide bonds. The van der Waals surface area contributed by atoms with Gasteiger partial charge in [0.1, 0.15) is 0 Å². The van der Waals surface area contributed by atoms with Gasteiger partial charge in [-0.3, -0.25) is 0 Å². The zero-order chi connectivity index (χ0) is 13.0. The Morgan fingerprint density at radius 1 is 1.11 bits per heavy atom. The third kappa shape index (κ3) is 3.66. The number of rotatable bonds is 5. The minimum absolute atomic E-state index is 0.156. The van der Waals surface area contributed by atoms with Gasteiger partial charge in [0.05, 0.1) is 6.10 Å². The van der Waals surface area contributed by atoms with Crippen molar-refractivity contribution in [1.29, 1.82) is 0 Å². The lowest BCUT2D eigenvalue weighted by molar-refractivity contribution is 0.114. The number of nitrogens with zero attached hydrogens (tertiary/aromatic N) is 1. The molecule has 0 aromatic carbocycles. The normalized spacial score (nSPS) is 25.4. The molecule has 2 rings (SSSR count). The molecule has 0 aromatic heterocycles. The van der Waals surface area contributed by atoms with E-state index in [0.717, 1.165) is 44.9 Å². The van der Waals surface area contributed by atoms with E-state index in [1.165, 1.54) is 4.31 Å². The van der Waals surface area contributed by atoms with Gasteiger partial charge in [-0.1, -0.05) is 19.3 Å². The predicted octanol–water partition coefficient (Wildman–Crippen LogP) is 0.858. The summed E-state index contributed by atoms with van der Waals surface area (Å²) >= 11 is 0. The average Bonchev–Trinajstić information content (AvgIpc) is 2.91. The fourth-order valence-electron chi connectivity index (χ4n) is 2.90. The third-order valence-electron chi connectivity index (χ3n) is 4.07. The zero-order valence-corrected chi connectivity index (χ0v) is 11.7. The van der Waals surface area contributed by atoms with E-state index in [2.05, 4.69) is 4.72 Å². The van der Waals surface area contributed by atoms with E-state index in [0.29, 0.717) is 13.1 Å². The highest BCUT2D eigenvalue weighted by Crippen LogP contribution is 2.27. The van der Waals surface area contributed by atoms with Gasteiger partial charge in [0.25, 0.3) is 10.2 Å². The summed E-state index contributed by atoms with van der Waals surface area (Å²) in [7, 11) is -3.38. The van der Waals surface area contributed by atoms with Gasteiger partial charge in [-0.05, 0) is 31.6 Å². The second-order valence-electron chi connectivity index (χ2n) is 5.43. The molecule has 5 nitrogen and oxygen atoms in total. The van der Waals surface area contributed by atoms with Crippen LogP contribution in [0.2, 0.25) is 0 Å². The van der Waals surface area contributed by atoms with E-state index >= 15 is 0 Å². The standard InChI is InChI=1S/C12H24N2O3S/c15-12(11-6-2-3-7-11)10-13-18(16,17)14-8-4-1-5-9-14/h11-13,15H,1-10H2. The Hall–Kier alpha value is -0.170. The Kier molecular flexibility index (Phi) is 5.00. The Morgan fingerprint density at radius 2 is 1.72 bits per heavy atom. The van der Waals surface area contributed by atoms with Gasteiger partial charge in [-0.25, -0.2) is 0 Å². The summed E-state index contributed by atoms with van der Waals surface area (Å²) in [6.45, 7) is 1.37. The van der Waals surface area contributed by atoms with E-state index in [1.54, 1.807) is 0 Å². The largest absolute Gasteiger partial charge is 0.391 e. The summed E-state index contributed by atoms with van der Waals surface area (Å²) in [6.07, 6.45) is 6.79. The molecule has 1 saturated carbocycles. The van der Waals surface area contributed by atoms with E-state index < -0.39 is 16.3 Å². The molecule has 1 unspecified atom stereocenters. The molecule has 2 N–H and O–H groups in total. The van der Waals surface area contributed by atoms with Crippen molar-refractivity contribution in [3.63, 3.8) is 0 Å². The predicted molar refractivity (Wildman–Crippen MR) is 70.3 cm³/mol. The maximum atomic E-state index is 12.0. The summed E-state index contributed by atoms with van der Waals surface area (Å²) in [6, 6.07) is 0. The molecule has 1 heterocycles. The van der Waals surface area contributed by atoms with Gasteiger partial charge in [-0.2, -0.15) is 17.4 Å². The van der Waals surface area contributed by atoms with Crippen LogP contribution in [0.1, 0.15) is 44.9 Å². The highest BCUT2D eigenvalue weighted by atomic mass is 32.2. The van der Waals surface area contributed by atoms with Crippen LogP contribution in [-0.2, 0) is 10.2 Å². The lowest BCUT2D eigenvalue weighted by Gasteiger charge is -2.27. The van der Waals surface area contributed by atoms with E-state index in [4.69, 9.17) is 0 Å². The second-order valence-corrected chi connectivity index (χ2v) is 7.18. The van der Waals surface area contributed by atoms with E-state index in [9.17, 15) is 13.5 Å². The highest BCUT2D eigenvalue weighted by Gasteiger charge is 2.27. The van der Waals surface area contributed by atoms with Gasteiger partial charge in [0.2, 0.25) is 0 Å². The molecular weight excluding hydrogens is 252 g/mol. The van der Waals surface area contributed by atoms with Crippen LogP contribution < -0.4 is 4.72 Å². The first kappa shape index (κ1) is 14.2. The molecule has 106 valence electrons. The number of hydrogen-bond acceptors (Lipinski definition) is 3. The van der Waals surface area contributed by atoms with Crippen molar-refractivity contribution in [2.45, 2.75) is 51.0 Å². The highest BCUT2D eigenvalue weighted by molar-refractivity contribution is 7.87. The Balaban J connectivity index is 1.80. The van der Waals surface area contributed by atoms with Crippen molar-refractivity contribution in [3.05, 3.63) is 0 Å². The molecule has 1 aliphatic heterocycles. The summed E-state index contributed by atoms with van der Waals surface area (Å²) in [5.41, 5.74) is 0. The summed E-state index contributed by atoms with van der Waals surface area (Å²) in [5.74, 6) is 0.272. The van der Waals surface area contributed by atoms with Crippen LogP contribution in [-0.4, -0.2) is 43.6 Å². The van der Waals surface area contributed by atoms with E-state index in [1.807, 2.05) is 0 Å². The summed E-state index contributed by atoms with van der Waals surface area (Å²) in [4.78, 5) is 0. The number of hydrogen-bond donors (Lipinski definition) is 2. The average molecular weight is 276 g/mol. The monoisotopic (exact) mass is 276 g/mol. The minimum Gasteiger partial charge on any atom is -0.391 e. The topological polar surface area (TPSA) is 69.6 Å². The van der Waals surface area contributed by atoms with Crippen molar-refractivity contribution in [3.8, 4) is 0 Å². The smallest absolute Gasteiger partial charge is 0.279 e. The maximum Gasteiger partial charge on any atom is 0.279 e. The molecule has 0 bridgehead atoms. The van der Waals surface area contributed by atoms with Crippen LogP contribution in [0.3, 0.4) is 0 Å². The number of piperidine rings is 1. The molecular formula is C12H24N2O3S. The molecule has 1 aliphatic carbocycles. The third-order valence-corrected chi connectivity index (χ3v) is 5.65. The molecule has 2 fully saturated rings. The van der Waals surface area contributed by atoms with Crippen LogP contribution in [0.25, 0.3) is 0 Å². The van der Waals surface area contributed by atoms with Crippen LogP contribution in [0, 0.1) is 5.92 Å². The molecule has 1 atom stereocenters. The molecule has 2 aliphatic rings. The summed E-state index contributed by atoms with van der Waals surface area (Å²) in [5, 5.41) is 9.97. The van der Waals surface area contributed by atoms with Gasteiger partial charge >= 0.3 is 0 Å². The van der Waals surface area contributed by atoms with Gasteiger partial charge < -0.3 is 5.11 Å². The van der Waals surface area contributed by atoms with E-state index in [-0.39, 0.29) is 12.5 Å². The second kappa shape index (κ2) is 6.32. The Labute approximate surface area is 110 Å². The van der Waals surface area contributed by atoms with Crippen LogP contribution >= 0.6 is 0 Å². The molecule has 18 heavy (non-hydrogen) atoms.